The van der Waals surface area contributed by atoms with E-state index in [1.807, 2.05) is 25.3 Å². The second kappa shape index (κ2) is 3.41. The summed E-state index contributed by atoms with van der Waals surface area (Å²) in [6, 6.07) is 3.81. The molecule has 0 aliphatic carbocycles. The monoisotopic (exact) mass is 286 g/mol. The second-order valence-corrected chi connectivity index (χ2v) is 3.88. The Morgan fingerprint density at radius 2 is 2.15 bits per heavy atom. The Morgan fingerprint density at radius 1 is 1.31 bits per heavy atom. The Morgan fingerprint density at radius 3 is 2.69 bits per heavy atom. The molecular weight excluding hydrogens is 279 g/mol. The first kappa shape index (κ1) is 8.61. The van der Waals surface area contributed by atoms with Crippen LogP contribution in [-0.2, 0) is 0 Å². The molecule has 13 heavy (non-hydrogen) atoms. The van der Waals surface area contributed by atoms with Crippen molar-refractivity contribution >= 4 is 22.6 Å². The molecule has 2 aromatic heterocycles. The molecule has 0 bridgehead atoms. The third kappa shape index (κ3) is 1.85. The van der Waals surface area contributed by atoms with Gasteiger partial charge in [0.05, 0.1) is 15.5 Å². The van der Waals surface area contributed by atoms with Gasteiger partial charge in [0.1, 0.15) is 0 Å². The molecule has 0 saturated carbocycles. The van der Waals surface area contributed by atoms with Crippen molar-refractivity contribution in [3.63, 3.8) is 0 Å². The summed E-state index contributed by atoms with van der Waals surface area (Å²) in [6.07, 6.45) is 3.68. The molecule has 5 heteroatoms. The molecule has 0 unspecified atom stereocenters. The van der Waals surface area contributed by atoms with Gasteiger partial charge in [-0.2, -0.15) is 10.2 Å². The molecular formula is C8H7IN4. The van der Waals surface area contributed by atoms with Crippen LogP contribution in [0.15, 0.2) is 24.5 Å². The van der Waals surface area contributed by atoms with Gasteiger partial charge in [-0.1, -0.05) is 0 Å². The molecule has 2 heterocycles. The largest absolute Gasteiger partial charge is 0.220 e. The van der Waals surface area contributed by atoms with Gasteiger partial charge in [-0.3, -0.25) is 0 Å². The van der Waals surface area contributed by atoms with Crippen LogP contribution in [0.4, 0.5) is 0 Å². The minimum atomic E-state index is 0.744. The molecule has 0 spiro atoms. The Balaban J connectivity index is 2.41. The van der Waals surface area contributed by atoms with Crippen LogP contribution < -0.4 is 0 Å². The van der Waals surface area contributed by atoms with Gasteiger partial charge in [-0.05, 0) is 41.6 Å². The summed E-state index contributed by atoms with van der Waals surface area (Å²) in [5.41, 5.74) is 0.908. The number of halogens is 1. The Kier molecular flexibility index (Phi) is 2.26. The number of nitrogens with zero attached hydrogens (tertiary/aromatic N) is 4. The van der Waals surface area contributed by atoms with Crippen LogP contribution in [0.25, 0.3) is 5.82 Å². The van der Waals surface area contributed by atoms with Gasteiger partial charge in [-0.25, -0.2) is 4.68 Å². The van der Waals surface area contributed by atoms with E-state index >= 15 is 0 Å². The third-order valence-electron chi connectivity index (χ3n) is 1.57. The van der Waals surface area contributed by atoms with Gasteiger partial charge >= 0.3 is 0 Å². The van der Waals surface area contributed by atoms with E-state index in [2.05, 4.69) is 37.9 Å². The van der Waals surface area contributed by atoms with Gasteiger partial charge in [-0.15, -0.1) is 5.10 Å². The average molecular weight is 286 g/mol. The van der Waals surface area contributed by atoms with Crippen molar-refractivity contribution in [3.8, 4) is 5.82 Å². The van der Waals surface area contributed by atoms with Crippen LogP contribution >= 0.6 is 22.6 Å². The highest BCUT2D eigenvalue weighted by Gasteiger charge is 1.99. The average Bonchev–Trinajstić information content (AvgIpc) is 2.53. The molecule has 0 fully saturated rings. The van der Waals surface area contributed by atoms with E-state index in [1.54, 1.807) is 10.9 Å². The van der Waals surface area contributed by atoms with E-state index < -0.39 is 0 Å². The fourth-order valence-corrected chi connectivity index (χ4v) is 1.33. The van der Waals surface area contributed by atoms with Crippen molar-refractivity contribution in [2.24, 2.45) is 0 Å². The van der Waals surface area contributed by atoms with Crippen molar-refractivity contribution < 1.29 is 0 Å². The first-order valence-corrected chi connectivity index (χ1v) is 4.84. The van der Waals surface area contributed by atoms with Gasteiger partial charge in [0, 0.05) is 6.20 Å². The summed E-state index contributed by atoms with van der Waals surface area (Å²) >= 11 is 2.20. The lowest BCUT2D eigenvalue weighted by Gasteiger charge is -1.97. The normalized spacial score (nSPS) is 10.3. The highest BCUT2D eigenvalue weighted by atomic mass is 127. The van der Waals surface area contributed by atoms with Crippen molar-refractivity contribution in [1.29, 1.82) is 0 Å². The van der Waals surface area contributed by atoms with E-state index in [0.717, 1.165) is 15.1 Å². The van der Waals surface area contributed by atoms with E-state index in [9.17, 15) is 0 Å². The van der Waals surface area contributed by atoms with E-state index in [1.165, 1.54) is 0 Å². The zero-order chi connectivity index (χ0) is 9.26. The molecule has 66 valence electrons. The van der Waals surface area contributed by atoms with E-state index in [-0.39, 0.29) is 0 Å². The third-order valence-corrected chi connectivity index (χ3v) is 2.13. The number of hydrogen-bond donors (Lipinski definition) is 0. The quantitative estimate of drug-likeness (QED) is 0.747. The fraction of sp³-hybridized carbons (Fsp3) is 0.125. The maximum atomic E-state index is 4.12. The van der Waals surface area contributed by atoms with Crippen LogP contribution in [0, 0.1) is 10.5 Å². The van der Waals surface area contributed by atoms with Crippen molar-refractivity contribution in [1.82, 2.24) is 20.0 Å². The molecule has 0 N–H and O–H groups in total. The summed E-state index contributed by atoms with van der Waals surface area (Å²) in [5.74, 6) is 0.744. The van der Waals surface area contributed by atoms with E-state index in [4.69, 9.17) is 0 Å². The van der Waals surface area contributed by atoms with Crippen molar-refractivity contribution in [3.05, 3.63) is 33.8 Å². The molecule has 0 aliphatic heterocycles. The minimum Gasteiger partial charge on any atom is -0.220 e. The molecule has 0 radical (unpaired) electrons. The van der Waals surface area contributed by atoms with Crippen LogP contribution in [0.2, 0.25) is 0 Å². The zero-order valence-electron chi connectivity index (χ0n) is 6.98. The summed E-state index contributed by atoms with van der Waals surface area (Å²) < 4.78 is 2.79. The van der Waals surface area contributed by atoms with Gasteiger partial charge in [0.25, 0.3) is 0 Å². The first-order chi connectivity index (χ1) is 6.25. The SMILES string of the molecule is Cc1ccc(-n2cc(I)cn2)nn1. The maximum Gasteiger partial charge on any atom is 0.175 e. The van der Waals surface area contributed by atoms with Crippen molar-refractivity contribution in [2.75, 3.05) is 0 Å². The lowest BCUT2D eigenvalue weighted by atomic mass is 10.4. The van der Waals surface area contributed by atoms with Crippen molar-refractivity contribution in [2.45, 2.75) is 6.92 Å². The first-order valence-electron chi connectivity index (χ1n) is 3.76. The fourth-order valence-electron chi connectivity index (χ4n) is 0.940. The van der Waals surface area contributed by atoms with Crippen LogP contribution in [-0.4, -0.2) is 20.0 Å². The summed E-state index contributed by atoms with van der Waals surface area (Å²) in [5, 5.41) is 12.1. The standard InChI is InChI=1S/C8H7IN4/c1-6-2-3-8(12-11-6)13-5-7(9)4-10-13/h2-5H,1H3. The number of aryl methyl sites for hydroxylation is 1. The lowest BCUT2D eigenvalue weighted by molar-refractivity contribution is 0.806. The maximum absolute atomic E-state index is 4.12. The van der Waals surface area contributed by atoms with E-state index in [0.29, 0.717) is 0 Å². The van der Waals surface area contributed by atoms with Crippen LogP contribution in [0.3, 0.4) is 0 Å². The summed E-state index contributed by atoms with van der Waals surface area (Å²) in [6.45, 7) is 1.91. The molecule has 0 atom stereocenters. The Labute approximate surface area is 89.1 Å². The zero-order valence-corrected chi connectivity index (χ0v) is 9.13. The predicted octanol–water partition coefficient (Wildman–Crippen LogP) is 1.58. The molecule has 0 aromatic carbocycles. The molecule has 0 saturated heterocycles. The van der Waals surface area contributed by atoms with Crippen LogP contribution in [0.5, 0.6) is 0 Å². The highest BCUT2D eigenvalue weighted by molar-refractivity contribution is 14.1. The van der Waals surface area contributed by atoms with Gasteiger partial charge in [0.15, 0.2) is 5.82 Å². The number of hydrogen-bond acceptors (Lipinski definition) is 3. The second-order valence-electron chi connectivity index (χ2n) is 2.64. The summed E-state index contributed by atoms with van der Waals surface area (Å²) in [7, 11) is 0. The number of aromatic nitrogens is 4. The van der Waals surface area contributed by atoms with Gasteiger partial charge < -0.3 is 0 Å². The Hall–Kier alpha value is -0.980. The Bertz CT molecular complexity index is 406. The minimum absolute atomic E-state index is 0.744. The summed E-state index contributed by atoms with van der Waals surface area (Å²) in [4.78, 5) is 0. The molecule has 0 amide bonds. The lowest BCUT2D eigenvalue weighted by Crippen LogP contribution is -1.99. The molecule has 4 nitrogen and oxygen atoms in total. The molecule has 2 aromatic rings. The predicted molar refractivity (Wildman–Crippen MR) is 56.6 cm³/mol. The molecule has 2 rings (SSSR count). The highest BCUT2D eigenvalue weighted by Crippen LogP contribution is 2.06. The van der Waals surface area contributed by atoms with Gasteiger partial charge in [0.2, 0.25) is 0 Å². The smallest absolute Gasteiger partial charge is 0.175 e. The number of rotatable bonds is 1. The molecule has 0 aliphatic rings. The van der Waals surface area contributed by atoms with Crippen LogP contribution in [0.1, 0.15) is 5.69 Å². The topological polar surface area (TPSA) is 43.6 Å².